The van der Waals surface area contributed by atoms with E-state index in [9.17, 15) is 0 Å². The van der Waals surface area contributed by atoms with Crippen LogP contribution in [0.25, 0.3) is 0 Å². The molecule has 1 N–H and O–H groups in total. The van der Waals surface area contributed by atoms with Crippen LogP contribution in [0.4, 0.5) is 5.69 Å². The number of anilines is 1. The zero-order chi connectivity index (χ0) is 11.4. The Balaban J connectivity index is 2.05. The summed E-state index contributed by atoms with van der Waals surface area (Å²) in [6.07, 6.45) is 0. The van der Waals surface area contributed by atoms with Crippen LogP contribution in [-0.2, 0) is 6.54 Å². The van der Waals surface area contributed by atoms with Crippen molar-refractivity contribution in [2.24, 2.45) is 0 Å². The van der Waals surface area contributed by atoms with E-state index in [1.54, 1.807) is 18.4 Å². The zero-order valence-corrected chi connectivity index (χ0v) is 10.3. The predicted octanol–water partition coefficient (Wildman–Crippen LogP) is 3.68. The van der Waals surface area contributed by atoms with E-state index in [1.165, 1.54) is 16.1 Å². The van der Waals surface area contributed by atoms with Crippen molar-refractivity contribution in [3.8, 4) is 5.75 Å². The summed E-state index contributed by atoms with van der Waals surface area (Å²) < 4.78 is 5.27. The van der Waals surface area contributed by atoms with Crippen LogP contribution >= 0.6 is 11.3 Å². The Morgan fingerprint density at radius 2 is 2.06 bits per heavy atom. The van der Waals surface area contributed by atoms with Crippen molar-refractivity contribution < 1.29 is 4.74 Å². The van der Waals surface area contributed by atoms with Gasteiger partial charge in [0.25, 0.3) is 0 Å². The van der Waals surface area contributed by atoms with Crippen LogP contribution in [-0.4, -0.2) is 7.11 Å². The van der Waals surface area contributed by atoms with Crippen molar-refractivity contribution in [3.63, 3.8) is 0 Å². The Morgan fingerprint density at radius 3 is 2.81 bits per heavy atom. The van der Waals surface area contributed by atoms with Crippen LogP contribution < -0.4 is 10.1 Å². The average molecular weight is 233 g/mol. The summed E-state index contributed by atoms with van der Waals surface area (Å²) in [5.74, 6) is 0.964. The Kier molecular flexibility index (Phi) is 3.47. The molecule has 2 aromatic rings. The van der Waals surface area contributed by atoms with Gasteiger partial charge in [0.2, 0.25) is 0 Å². The number of ether oxygens (including phenoxy) is 1. The van der Waals surface area contributed by atoms with E-state index < -0.39 is 0 Å². The number of methoxy groups -OCH3 is 1. The molecule has 0 atom stereocenters. The van der Waals surface area contributed by atoms with Crippen molar-refractivity contribution in [1.82, 2.24) is 0 Å². The van der Waals surface area contributed by atoms with Gasteiger partial charge in [-0.05, 0) is 30.0 Å². The summed E-state index contributed by atoms with van der Waals surface area (Å²) in [5.41, 5.74) is 2.44. The van der Waals surface area contributed by atoms with E-state index in [-0.39, 0.29) is 0 Å². The topological polar surface area (TPSA) is 21.3 Å². The highest BCUT2D eigenvalue weighted by molar-refractivity contribution is 7.10. The number of nitrogens with one attached hydrogen (secondary N) is 1. The fourth-order valence-corrected chi connectivity index (χ4v) is 2.37. The number of benzene rings is 1. The molecule has 0 fully saturated rings. The SMILES string of the molecule is COc1ccsc1CNc1ccccc1C. The summed E-state index contributed by atoms with van der Waals surface area (Å²) in [6, 6.07) is 10.3. The van der Waals surface area contributed by atoms with Gasteiger partial charge in [0, 0.05) is 5.69 Å². The molecular formula is C13H15NOS. The molecule has 0 saturated heterocycles. The number of rotatable bonds is 4. The van der Waals surface area contributed by atoms with Gasteiger partial charge in [-0.2, -0.15) is 0 Å². The molecule has 3 heteroatoms. The largest absolute Gasteiger partial charge is 0.496 e. The maximum absolute atomic E-state index is 5.27. The van der Waals surface area contributed by atoms with Gasteiger partial charge in [0.1, 0.15) is 5.75 Å². The Morgan fingerprint density at radius 1 is 1.25 bits per heavy atom. The van der Waals surface area contributed by atoms with Crippen LogP contribution in [0, 0.1) is 6.92 Å². The number of thiophene rings is 1. The molecule has 0 aliphatic carbocycles. The van der Waals surface area contributed by atoms with Crippen LogP contribution in [0.3, 0.4) is 0 Å². The molecule has 0 aliphatic heterocycles. The first-order valence-electron chi connectivity index (χ1n) is 5.21. The maximum Gasteiger partial charge on any atom is 0.134 e. The molecule has 2 nitrogen and oxygen atoms in total. The fourth-order valence-electron chi connectivity index (χ4n) is 1.59. The highest BCUT2D eigenvalue weighted by Crippen LogP contribution is 2.25. The van der Waals surface area contributed by atoms with Gasteiger partial charge in [-0.15, -0.1) is 11.3 Å². The molecule has 0 bridgehead atoms. The molecule has 0 unspecified atom stereocenters. The second-order valence-corrected chi connectivity index (χ2v) is 4.58. The van der Waals surface area contributed by atoms with E-state index in [0.717, 1.165) is 12.3 Å². The number of para-hydroxylation sites is 1. The normalized spacial score (nSPS) is 10.1. The van der Waals surface area contributed by atoms with Crippen molar-refractivity contribution in [2.75, 3.05) is 12.4 Å². The third-order valence-electron chi connectivity index (χ3n) is 2.51. The monoisotopic (exact) mass is 233 g/mol. The Hall–Kier alpha value is -1.48. The molecule has 0 spiro atoms. The van der Waals surface area contributed by atoms with Gasteiger partial charge in [-0.1, -0.05) is 18.2 Å². The second-order valence-electron chi connectivity index (χ2n) is 3.58. The average Bonchev–Trinajstić information content (AvgIpc) is 2.75. The molecule has 84 valence electrons. The lowest BCUT2D eigenvalue weighted by Crippen LogP contribution is -2.00. The Labute approximate surface area is 99.9 Å². The lowest BCUT2D eigenvalue weighted by molar-refractivity contribution is 0.413. The van der Waals surface area contributed by atoms with E-state index in [4.69, 9.17) is 4.74 Å². The summed E-state index contributed by atoms with van der Waals surface area (Å²) in [6.45, 7) is 2.92. The second kappa shape index (κ2) is 5.03. The molecule has 1 aromatic carbocycles. The first-order valence-corrected chi connectivity index (χ1v) is 6.09. The minimum absolute atomic E-state index is 0.811. The minimum Gasteiger partial charge on any atom is -0.496 e. The standard InChI is InChI=1S/C13H15NOS/c1-10-5-3-4-6-11(10)14-9-13-12(15-2)7-8-16-13/h3-8,14H,9H2,1-2H3. The van der Waals surface area contributed by atoms with Gasteiger partial charge < -0.3 is 10.1 Å². The molecule has 0 saturated carbocycles. The molecule has 1 heterocycles. The molecule has 2 rings (SSSR count). The van der Waals surface area contributed by atoms with Crippen molar-refractivity contribution >= 4 is 17.0 Å². The minimum atomic E-state index is 0.811. The molecule has 0 aliphatic rings. The van der Waals surface area contributed by atoms with Gasteiger partial charge in [-0.3, -0.25) is 0 Å². The third kappa shape index (κ3) is 2.36. The highest BCUT2D eigenvalue weighted by atomic mass is 32.1. The third-order valence-corrected chi connectivity index (χ3v) is 3.41. The Bertz CT molecular complexity index is 464. The van der Waals surface area contributed by atoms with Crippen molar-refractivity contribution in [1.29, 1.82) is 0 Å². The number of hydrogen-bond donors (Lipinski definition) is 1. The lowest BCUT2D eigenvalue weighted by Gasteiger charge is -2.09. The fraction of sp³-hybridized carbons (Fsp3) is 0.231. The first-order chi connectivity index (χ1) is 7.81. The van der Waals surface area contributed by atoms with Crippen LogP contribution in [0.15, 0.2) is 35.7 Å². The molecular weight excluding hydrogens is 218 g/mol. The summed E-state index contributed by atoms with van der Waals surface area (Å²) >= 11 is 1.71. The van der Waals surface area contributed by atoms with Crippen LogP contribution in [0.5, 0.6) is 5.75 Å². The van der Waals surface area contributed by atoms with Crippen molar-refractivity contribution in [3.05, 3.63) is 46.2 Å². The summed E-state index contributed by atoms with van der Waals surface area (Å²) in [7, 11) is 1.71. The molecule has 0 amide bonds. The van der Waals surface area contributed by atoms with Gasteiger partial charge in [-0.25, -0.2) is 0 Å². The number of aryl methyl sites for hydroxylation is 1. The molecule has 16 heavy (non-hydrogen) atoms. The van der Waals surface area contributed by atoms with Gasteiger partial charge >= 0.3 is 0 Å². The summed E-state index contributed by atoms with van der Waals surface area (Å²) in [5, 5.41) is 5.47. The van der Waals surface area contributed by atoms with E-state index in [0.29, 0.717) is 0 Å². The molecule has 1 aromatic heterocycles. The van der Waals surface area contributed by atoms with Gasteiger partial charge in [0.05, 0.1) is 18.5 Å². The van der Waals surface area contributed by atoms with Crippen molar-refractivity contribution in [2.45, 2.75) is 13.5 Å². The molecule has 0 radical (unpaired) electrons. The van der Waals surface area contributed by atoms with E-state index in [1.807, 2.05) is 23.6 Å². The maximum atomic E-state index is 5.27. The van der Waals surface area contributed by atoms with E-state index in [2.05, 4.69) is 24.4 Å². The number of hydrogen-bond acceptors (Lipinski definition) is 3. The zero-order valence-electron chi connectivity index (χ0n) is 9.49. The van der Waals surface area contributed by atoms with Gasteiger partial charge in [0.15, 0.2) is 0 Å². The lowest BCUT2D eigenvalue weighted by atomic mass is 10.2. The van der Waals surface area contributed by atoms with E-state index >= 15 is 0 Å². The highest BCUT2D eigenvalue weighted by Gasteiger charge is 2.04. The van der Waals surface area contributed by atoms with Crippen LogP contribution in [0.1, 0.15) is 10.4 Å². The first kappa shape index (κ1) is 11.0. The van der Waals surface area contributed by atoms with Crippen LogP contribution in [0.2, 0.25) is 0 Å². The smallest absolute Gasteiger partial charge is 0.134 e. The quantitative estimate of drug-likeness (QED) is 0.869. The summed E-state index contributed by atoms with van der Waals surface area (Å²) in [4.78, 5) is 1.23. The predicted molar refractivity (Wildman–Crippen MR) is 69.4 cm³/mol.